The fourth-order valence-corrected chi connectivity index (χ4v) is 3.57. The number of para-hydroxylation sites is 1. The number of anilines is 1. The molecular weight excluding hydrogens is 286 g/mol. The Labute approximate surface area is 136 Å². The van der Waals surface area contributed by atoms with Crippen molar-refractivity contribution < 1.29 is 4.79 Å². The SMILES string of the molecule is O=C(Nc1cc(C2CCCC2)nn1-c1ccccc1)C1CCC1. The van der Waals surface area contributed by atoms with Gasteiger partial charge in [-0.15, -0.1) is 0 Å². The van der Waals surface area contributed by atoms with E-state index in [4.69, 9.17) is 5.10 Å². The van der Waals surface area contributed by atoms with Gasteiger partial charge in [-0.3, -0.25) is 4.79 Å². The van der Waals surface area contributed by atoms with Gasteiger partial charge in [-0.1, -0.05) is 37.5 Å². The normalized spacial score (nSPS) is 18.8. The van der Waals surface area contributed by atoms with E-state index >= 15 is 0 Å². The van der Waals surface area contributed by atoms with Crippen LogP contribution in [0.3, 0.4) is 0 Å². The van der Waals surface area contributed by atoms with Crippen LogP contribution in [0.25, 0.3) is 5.69 Å². The van der Waals surface area contributed by atoms with Crippen molar-refractivity contribution >= 4 is 11.7 Å². The number of carbonyl (C=O) groups is 1. The number of rotatable bonds is 4. The highest BCUT2D eigenvalue weighted by molar-refractivity contribution is 5.92. The first-order valence-corrected chi connectivity index (χ1v) is 8.77. The maximum absolute atomic E-state index is 12.4. The molecule has 4 rings (SSSR count). The maximum Gasteiger partial charge on any atom is 0.228 e. The molecule has 0 atom stereocenters. The Hall–Kier alpha value is -2.10. The summed E-state index contributed by atoms with van der Waals surface area (Å²) < 4.78 is 1.89. The van der Waals surface area contributed by atoms with Gasteiger partial charge in [-0.2, -0.15) is 5.10 Å². The van der Waals surface area contributed by atoms with Crippen LogP contribution in [0, 0.1) is 5.92 Å². The minimum Gasteiger partial charge on any atom is -0.310 e. The highest BCUT2D eigenvalue weighted by Gasteiger charge is 2.27. The monoisotopic (exact) mass is 309 g/mol. The van der Waals surface area contributed by atoms with Gasteiger partial charge >= 0.3 is 0 Å². The quantitative estimate of drug-likeness (QED) is 0.917. The molecule has 0 bridgehead atoms. The molecule has 1 N–H and O–H groups in total. The van der Waals surface area contributed by atoms with E-state index in [9.17, 15) is 4.79 Å². The summed E-state index contributed by atoms with van der Waals surface area (Å²) in [7, 11) is 0. The molecule has 4 nitrogen and oxygen atoms in total. The minimum absolute atomic E-state index is 0.145. The van der Waals surface area contributed by atoms with Gasteiger partial charge in [0.05, 0.1) is 11.4 Å². The summed E-state index contributed by atoms with van der Waals surface area (Å²) in [5, 5.41) is 7.94. The van der Waals surface area contributed by atoms with Gasteiger partial charge in [0.1, 0.15) is 5.82 Å². The molecule has 4 heteroatoms. The highest BCUT2D eigenvalue weighted by Crippen LogP contribution is 2.35. The zero-order valence-corrected chi connectivity index (χ0v) is 13.4. The number of nitrogens with one attached hydrogen (secondary N) is 1. The highest BCUT2D eigenvalue weighted by atomic mass is 16.2. The average molecular weight is 309 g/mol. The molecule has 1 amide bonds. The van der Waals surface area contributed by atoms with Crippen molar-refractivity contribution in [3.63, 3.8) is 0 Å². The molecule has 23 heavy (non-hydrogen) atoms. The van der Waals surface area contributed by atoms with Crippen LogP contribution in [-0.4, -0.2) is 15.7 Å². The van der Waals surface area contributed by atoms with E-state index in [1.165, 1.54) is 32.1 Å². The Kier molecular flexibility index (Phi) is 3.90. The number of aromatic nitrogens is 2. The third-order valence-corrected chi connectivity index (χ3v) is 5.23. The van der Waals surface area contributed by atoms with Crippen LogP contribution in [0.15, 0.2) is 36.4 Å². The van der Waals surface area contributed by atoms with E-state index < -0.39 is 0 Å². The molecule has 0 saturated heterocycles. The van der Waals surface area contributed by atoms with E-state index in [2.05, 4.69) is 11.4 Å². The zero-order valence-electron chi connectivity index (χ0n) is 13.4. The molecule has 0 unspecified atom stereocenters. The summed E-state index contributed by atoms with van der Waals surface area (Å²) in [4.78, 5) is 12.4. The summed E-state index contributed by atoms with van der Waals surface area (Å²) >= 11 is 0. The Morgan fingerprint density at radius 1 is 1.04 bits per heavy atom. The molecule has 1 aromatic heterocycles. The van der Waals surface area contributed by atoms with Gasteiger partial charge in [-0.05, 0) is 37.8 Å². The zero-order chi connectivity index (χ0) is 15.6. The van der Waals surface area contributed by atoms with Crippen molar-refractivity contribution in [2.75, 3.05) is 5.32 Å². The lowest BCUT2D eigenvalue weighted by Gasteiger charge is -2.24. The first-order chi connectivity index (χ1) is 11.3. The van der Waals surface area contributed by atoms with Gasteiger partial charge in [0.2, 0.25) is 5.91 Å². The van der Waals surface area contributed by atoms with Crippen LogP contribution in [0.4, 0.5) is 5.82 Å². The Morgan fingerprint density at radius 2 is 1.78 bits per heavy atom. The Bertz CT molecular complexity index is 682. The van der Waals surface area contributed by atoms with Crippen molar-refractivity contribution in [1.82, 2.24) is 9.78 Å². The summed E-state index contributed by atoms with van der Waals surface area (Å²) in [5.41, 5.74) is 2.12. The van der Waals surface area contributed by atoms with Crippen LogP contribution in [-0.2, 0) is 4.79 Å². The Balaban J connectivity index is 1.65. The number of amides is 1. The number of nitrogens with zero attached hydrogens (tertiary/aromatic N) is 2. The number of benzene rings is 1. The molecule has 120 valence electrons. The molecule has 0 spiro atoms. The molecule has 2 aliphatic rings. The van der Waals surface area contributed by atoms with Gasteiger partial charge in [0.25, 0.3) is 0 Å². The summed E-state index contributed by atoms with van der Waals surface area (Å²) in [6.45, 7) is 0. The topological polar surface area (TPSA) is 46.9 Å². The minimum atomic E-state index is 0.145. The van der Waals surface area contributed by atoms with Crippen molar-refractivity contribution in [2.24, 2.45) is 5.92 Å². The standard InChI is InChI=1S/C19H23N3O/c23-19(15-9-6-10-15)20-18-13-17(14-7-4-5-8-14)21-22(18)16-11-2-1-3-12-16/h1-3,11-15H,4-10H2,(H,20,23). The van der Waals surface area contributed by atoms with Gasteiger partial charge in [0.15, 0.2) is 0 Å². The van der Waals surface area contributed by atoms with Gasteiger partial charge in [-0.25, -0.2) is 4.68 Å². The van der Waals surface area contributed by atoms with Gasteiger partial charge < -0.3 is 5.32 Å². The van der Waals surface area contributed by atoms with E-state index in [-0.39, 0.29) is 11.8 Å². The average Bonchev–Trinajstić information content (AvgIpc) is 3.15. The van der Waals surface area contributed by atoms with E-state index in [0.29, 0.717) is 5.92 Å². The molecule has 1 heterocycles. The van der Waals surface area contributed by atoms with Crippen molar-refractivity contribution in [3.05, 3.63) is 42.1 Å². The summed E-state index contributed by atoms with van der Waals surface area (Å²) in [6.07, 6.45) is 8.19. The predicted molar refractivity (Wildman–Crippen MR) is 90.7 cm³/mol. The lowest BCUT2D eigenvalue weighted by molar-refractivity contribution is -0.122. The number of hydrogen-bond donors (Lipinski definition) is 1. The fourth-order valence-electron chi connectivity index (χ4n) is 3.57. The molecular formula is C19H23N3O. The molecule has 2 fully saturated rings. The second kappa shape index (κ2) is 6.19. The number of hydrogen-bond acceptors (Lipinski definition) is 2. The van der Waals surface area contributed by atoms with E-state index in [0.717, 1.165) is 30.0 Å². The maximum atomic E-state index is 12.4. The first-order valence-electron chi connectivity index (χ1n) is 8.77. The van der Waals surface area contributed by atoms with Crippen molar-refractivity contribution in [2.45, 2.75) is 50.9 Å². The van der Waals surface area contributed by atoms with Crippen LogP contribution in [0.1, 0.15) is 56.6 Å². The second-order valence-corrected chi connectivity index (χ2v) is 6.80. The van der Waals surface area contributed by atoms with Crippen molar-refractivity contribution in [3.8, 4) is 5.69 Å². The Morgan fingerprint density at radius 3 is 2.43 bits per heavy atom. The molecule has 1 aromatic carbocycles. The molecule has 2 aliphatic carbocycles. The molecule has 2 saturated carbocycles. The molecule has 2 aromatic rings. The lowest BCUT2D eigenvalue weighted by atomic mass is 9.85. The van der Waals surface area contributed by atoms with Crippen LogP contribution < -0.4 is 5.32 Å². The second-order valence-electron chi connectivity index (χ2n) is 6.80. The third-order valence-electron chi connectivity index (χ3n) is 5.23. The van der Waals surface area contributed by atoms with E-state index in [1.54, 1.807) is 0 Å². The van der Waals surface area contributed by atoms with Crippen LogP contribution in [0.5, 0.6) is 0 Å². The molecule has 0 aliphatic heterocycles. The number of carbonyl (C=O) groups excluding carboxylic acids is 1. The third kappa shape index (κ3) is 2.90. The lowest BCUT2D eigenvalue weighted by Crippen LogP contribution is -2.28. The van der Waals surface area contributed by atoms with E-state index in [1.807, 2.05) is 35.0 Å². The van der Waals surface area contributed by atoms with Gasteiger partial charge in [0, 0.05) is 17.9 Å². The molecule has 0 radical (unpaired) electrons. The summed E-state index contributed by atoms with van der Waals surface area (Å²) in [5.74, 6) is 1.68. The summed E-state index contributed by atoms with van der Waals surface area (Å²) in [6, 6.07) is 12.2. The van der Waals surface area contributed by atoms with Crippen molar-refractivity contribution in [1.29, 1.82) is 0 Å². The van der Waals surface area contributed by atoms with Crippen LogP contribution in [0.2, 0.25) is 0 Å². The fraction of sp³-hybridized carbons (Fsp3) is 0.474. The van der Waals surface area contributed by atoms with Crippen LogP contribution >= 0.6 is 0 Å². The first kappa shape index (κ1) is 14.5. The smallest absolute Gasteiger partial charge is 0.228 e. The largest absolute Gasteiger partial charge is 0.310 e. The predicted octanol–water partition coefficient (Wildman–Crippen LogP) is 4.27.